The first kappa shape index (κ1) is 15.2. The van der Waals surface area contributed by atoms with Crippen LogP contribution in [0.3, 0.4) is 0 Å². The fraction of sp³-hybridized carbons (Fsp3) is 0.222. The van der Waals surface area contributed by atoms with E-state index >= 15 is 0 Å². The Labute approximate surface area is 134 Å². The molecule has 0 aliphatic heterocycles. The van der Waals surface area contributed by atoms with Gasteiger partial charge in [0.15, 0.2) is 5.82 Å². The van der Waals surface area contributed by atoms with Gasteiger partial charge in [0.05, 0.1) is 6.54 Å². The van der Waals surface area contributed by atoms with Crippen molar-refractivity contribution in [1.82, 2.24) is 10.1 Å². The lowest BCUT2D eigenvalue weighted by Crippen LogP contribution is -2.29. The van der Waals surface area contributed by atoms with Crippen LogP contribution in [0.5, 0.6) is 0 Å². The Morgan fingerprint density at radius 2 is 1.96 bits per heavy atom. The molecule has 0 spiro atoms. The van der Waals surface area contributed by atoms with Crippen molar-refractivity contribution in [2.45, 2.75) is 13.5 Å². The molecule has 0 bridgehead atoms. The van der Waals surface area contributed by atoms with Crippen molar-refractivity contribution < 1.29 is 9.32 Å². The number of benzene rings is 2. The minimum Gasteiger partial charge on any atom is -0.360 e. The van der Waals surface area contributed by atoms with Crippen LogP contribution < -0.4 is 5.32 Å². The van der Waals surface area contributed by atoms with Gasteiger partial charge in [0.2, 0.25) is 5.91 Å². The third-order valence-electron chi connectivity index (χ3n) is 3.58. The van der Waals surface area contributed by atoms with Gasteiger partial charge in [-0.15, -0.1) is 0 Å². The molecule has 1 amide bonds. The average molecular weight is 309 g/mol. The third-order valence-corrected chi connectivity index (χ3v) is 3.58. The van der Waals surface area contributed by atoms with Crippen LogP contribution in [0.25, 0.3) is 10.8 Å². The van der Waals surface area contributed by atoms with Crippen molar-refractivity contribution in [2.75, 3.05) is 18.9 Å². The number of rotatable bonds is 5. The van der Waals surface area contributed by atoms with Gasteiger partial charge in [-0.25, -0.2) is 0 Å². The summed E-state index contributed by atoms with van der Waals surface area (Å²) in [7, 11) is 1.92. The van der Waals surface area contributed by atoms with E-state index in [0.717, 1.165) is 0 Å². The highest BCUT2D eigenvalue weighted by atomic mass is 16.5. The van der Waals surface area contributed by atoms with Gasteiger partial charge < -0.3 is 9.84 Å². The summed E-state index contributed by atoms with van der Waals surface area (Å²) in [6.07, 6.45) is 0. The largest absolute Gasteiger partial charge is 0.360 e. The molecule has 3 rings (SSSR count). The minimum atomic E-state index is -0.110. The number of aromatic nitrogens is 1. The van der Waals surface area contributed by atoms with Crippen molar-refractivity contribution >= 4 is 22.5 Å². The van der Waals surface area contributed by atoms with Crippen molar-refractivity contribution in [3.63, 3.8) is 0 Å². The smallest absolute Gasteiger partial charge is 0.239 e. The summed E-state index contributed by atoms with van der Waals surface area (Å²) < 4.78 is 4.93. The van der Waals surface area contributed by atoms with E-state index in [4.69, 9.17) is 4.52 Å². The maximum Gasteiger partial charge on any atom is 0.239 e. The Kier molecular flexibility index (Phi) is 4.39. The topological polar surface area (TPSA) is 58.4 Å². The van der Waals surface area contributed by atoms with E-state index in [1.165, 1.54) is 16.3 Å². The second-order valence-corrected chi connectivity index (χ2v) is 5.72. The highest BCUT2D eigenvalue weighted by Gasteiger charge is 2.10. The molecule has 0 aliphatic carbocycles. The monoisotopic (exact) mass is 309 g/mol. The van der Waals surface area contributed by atoms with Gasteiger partial charge in [-0.1, -0.05) is 41.6 Å². The van der Waals surface area contributed by atoms with Gasteiger partial charge >= 0.3 is 0 Å². The molecular weight excluding hydrogens is 290 g/mol. The van der Waals surface area contributed by atoms with Gasteiger partial charge in [0, 0.05) is 12.6 Å². The molecule has 1 heterocycles. The molecule has 0 atom stereocenters. The van der Waals surface area contributed by atoms with Crippen LogP contribution in [0.1, 0.15) is 11.3 Å². The summed E-state index contributed by atoms with van der Waals surface area (Å²) in [6, 6.07) is 16.3. The second-order valence-electron chi connectivity index (χ2n) is 5.72. The predicted molar refractivity (Wildman–Crippen MR) is 90.2 cm³/mol. The standard InChI is InChI=1S/C18H19N3O2/c1-13-9-17(20-23-13)19-18(22)12-21(2)11-14-7-8-15-5-3-4-6-16(15)10-14/h3-10H,11-12H2,1-2H3,(H,19,20,22). The van der Waals surface area contributed by atoms with E-state index in [1.54, 1.807) is 13.0 Å². The fourth-order valence-corrected chi connectivity index (χ4v) is 2.56. The first-order valence-electron chi connectivity index (χ1n) is 7.49. The van der Waals surface area contributed by atoms with Crippen LogP contribution in [-0.2, 0) is 11.3 Å². The molecule has 3 aromatic rings. The Morgan fingerprint density at radius 1 is 1.17 bits per heavy atom. The van der Waals surface area contributed by atoms with Gasteiger partial charge in [-0.2, -0.15) is 0 Å². The number of carbonyl (C=O) groups is 1. The molecule has 5 heteroatoms. The molecule has 1 aromatic heterocycles. The summed E-state index contributed by atoms with van der Waals surface area (Å²) >= 11 is 0. The normalized spacial score (nSPS) is 11.1. The van der Waals surface area contributed by atoms with E-state index in [1.807, 2.05) is 24.1 Å². The number of carbonyl (C=O) groups excluding carboxylic acids is 1. The molecule has 0 radical (unpaired) electrons. The van der Waals surface area contributed by atoms with Gasteiger partial charge in [0.25, 0.3) is 0 Å². The van der Waals surface area contributed by atoms with Crippen molar-refractivity contribution in [1.29, 1.82) is 0 Å². The van der Waals surface area contributed by atoms with E-state index in [0.29, 0.717) is 24.7 Å². The summed E-state index contributed by atoms with van der Waals surface area (Å²) in [5, 5.41) is 8.91. The summed E-state index contributed by atoms with van der Waals surface area (Å²) in [5.74, 6) is 1.01. The van der Waals surface area contributed by atoms with Gasteiger partial charge in [-0.05, 0) is 36.4 Å². The Morgan fingerprint density at radius 3 is 2.70 bits per heavy atom. The number of aryl methyl sites for hydroxylation is 1. The number of anilines is 1. The lowest BCUT2D eigenvalue weighted by Gasteiger charge is -2.16. The minimum absolute atomic E-state index is 0.110. The first-order chi connectivity index (χ1) is 11.1. The highest BCUT2D eigenvalue weighted by molar-refractivity contribution is 5.91. The summed E-state index contributed by atoms with van der Waals surface area (Å²) in [5.41, 5.74) is 1.18. The number of likely N-dealkylation sites (N-methyl/N-ethyl adjacent to an activating group) is 1. The van der Waals surface area contributed by atoms with Crippen LogP contribution in [0, 0.1) is 6.92 Å². The summed E-state index contributed by atoms with van der Waals surface area (Å²) in [6.45, 7) is 2.78. The van der Waals surface area contributed by atoms with E-state index in [9.17, 15) is 4.79 Å². The number of amides is 1. The maximum atomic E-state index is 12.0. The molecule has 23 heavy (non-hydrogen) atoms. The molecule has 2 aromatic carbocycles. The molecule has 0 saturated heterocycles. The van der Waals surface area contributed by atoms with Crippen LogP contribution in [-0.4, -0.2) is 29.6 Å². The van der Waals surface area contributed by atoms with Crippen molar-refractivity contribution in [2.24, 2.45) is 0 Å². The van der Waals surface area contributed by atoms with Gasteiger partial charge in [0.1, 0.15) is 5.76 Å². The van der Waals surface area contributed by atoms with E-state index in [-0.39, 0.29) is 5.91 Å². The molecule has 0 saturated carbocycles. The van der Waals surface area contributed by atoms with Gasteiger partial charge in [-0.3, -0.25) is 9.69 Å². The molecule has 0 aliphatic rings. The SMILES string of the molecule is Cc1cc(NC(=O)CN(C)Cc2ccc3ccccc3c2)no1. The first-order valence-corrected chi connectivity index (χ1v) is 7.49. The molecule has 0 unspecified atom stereocenters. The molecule has 5 nitrogen and oxygen atoms in total. The number of hydrogen-bond acceptors (Lipinski definition) is 4. The van der Waals surface area contributed by atoms with Crippen LogP contribution in [0.4, 0.5) is 5.82 Å². The number of nitrogens with zero attached hydrogens (tertiary/aromatic N) is 2. The molecule has 118 valence electrons. The number of hydrogen-bond donors (Lipinski definition) is 1. The van der Waals surface area contributed by atoms with Crippen LogP contribution >= 0.6 is 0 Å². The Bertz CT molecular complexity index is 826. The number of nitrogens with one attached hydrogen (secondary N) is 1. The summed E-state index contributed by atoms with van der Waals surface area (Å²) in [4.78, 5) is 14.0. The lowest BCUT2D eigenvalue weighted by atomic mass is 10.1. The van der Waals surface area contributed by atoms with Crippen LogP contribution in [0.2, 0.25) is 0 Å². The second kappa shape index (κ2) is 6.62. The number of fused-ring (bicyclic) bond motifs is 1. The van der Waals surface area contributed by atoms with Crippen molar-refractivity contribution in [3.8, 4) is 0 Å². The predicted octanol–water partition coefficient (Wildman–Crippen LogP) is 3.21. The van der Waals surface area contributed by atoms with E-state index in [2.05, 4.69) is 40.8 Å². The Balaban J connectivity index is 1.59. The van der Waals surface area contributed by atoms with Crippen molar-refractivity contribution in [3.05, 3.63) is 59.9 Å². The molecule has 0 fully saturated rings. The highest BCUT2D eigenvalue weighted by Crippen LogP contribution is 2.16. The van der Waals surface area contributed by atoms with Crippen LogP contribution in [0.15, 0.2) is 53.1 Å². The third kappa shape index (κ3) is 3.96. The Hall–Kier alpha value is -2.66. The molecule has 1 N–H and O–H groups in total. The zero-order valence-corrected chi connectivity index (χ0v) is 13.2. The van der Waals surface area contributed by atoms with E-state index < -0.39 is 0 Å². The zero-order chi connectivity index (χ0) is 16.2. The average Bonchev–Trinajstić information content (AvgIpc) is 2.91. The lowest BCUT2D eigenvalue weighted by molar-refractivity contribution is -0.117. The molecular formula is C18H19N3O2. The zero-order valence-electron chi connectivity index (χ0n) is 13.2. The quantitative estimate of drug-likeness (QED) is 0.786. The fourth-order valence-electron chi connectivity index (χ4n) is 2.56. The maximum absolute atomic E-state index is 12.0.